The van der Waals surface area contributed by atoms with Crippen LogP contribution in [0.2, 0.25) is 0 Å². The maximum Gasteiger partial charge on any atom is 0.252 e. The maximum atomic E-state index is 2.84. The van der Waals surface area contributed by atoms with Gasteiger partial charge in [-0.3, -0.25) is 0 Å². The van der Waals surface area contributed by atoms with Gasteiger partial charge in [0.15, 0.2) is 0 Å². The van der Waals surface area contributed by atoms with Crippen LogP contribution in [0, 0.1) is 6.92 Å². The molecule has 0 saturated heterocycles. The fourth-order valence-electron chi connectivity index (χ4n) is 17.1. The van der Waals surface area contributed by atoms with Gasteiger partial charge in [0.05, 0.1) is 11.2 Å². The highest BCUT2D eigenvalue weighted by Crippen LogP contribution is 2.63. The Hall–Kier alpha value is -6.00. The van der Waals surface area contributed by atoms with E-state index in [2.05, 4.69) is 260 Å². The summed E-state index contributed by atoms with van der Waals surface area (Å²) in [6.45, 7) is 41.7. The number of benzene rings is 7. The van der Waals surface area contributed by atoms with Crippen molar-refractivity contribution in [2.45, 2.75) is 200 Å². The molecule has 77 heavy (non-hydrogen) atoms. The van der Waals surface area contributed by atoms with Crippen molar-refractivity contribution in [1.29, 1.82) is 0 Å². The van der Waals surface area contributed by atoms with E-state index in [1.807, 2.05) is 0 Å². The lowest BCUT2D eigenvalue weighted by Gasteiger charge is -2.51. The molecule has 7 aromatic carbocycles. The molecule has 3 heterocycles. The summed E-state index contributed by atoms with van der Waals surface area (Å²) in [6.07, 6.45) is 7.04. The molecule has 0 N–H and O–H groups in total. The van der Waals surface area contributed by atoms with Crippen molar-refractivity contribution < 1.29 is 0 Å². The van der Waals surface area contributed by atoms with E-state index in [4.69, 9.17) is 0 Å². The number of aryl methyl sites for hydroxylation is 1. The number of anilines is 8. The smallest absolute Gasteiger partial charge is 0.252 e. The Morgan fingerprint density at radius 3 is 1.58 bits per heavy atom. The molecule has 394 valence electrons. The molecule has 0 amide bonds. The fourth-order valence-corrected chi connectivity index (χ4v) is 17.1. The first-order valence-corrected chi connectivity index (χ1v) is 29.4. The van der Waals surface area contributed by atoms with Crippen LogP contribution in [0.5, 0.6) is 0 Å². The summed E-state index contributed by atoms with van der Waals surface area (Å²) in [5.74, 6) is 0. The van der Waals surface area contributed by atoms with E-state index in [9.17, 15) is 0 Å². The second-order valence-corrected chi connectivity index (χ2v) is 30.1. The first-order valence-electron chi connectivity index (χ1n) is 29.4. The molecule has 0 aromatic heterocycles. The van der Waals surface area contributed by atoms with Crippen LogP contribution in [0.4, 0.5) is 45.5 Å². The molecule has 4 heteroatoms. The summed E-state index contributed by atoms with van der Waals surface area (Å²) in [5, 5.41) is 0. The summed E-state index contributed by atoms with van der Waals surface area (Å²) in [7, 11) is 0. The Morgan fingerprint density at radius 1 is 0.429 bits per heavy atom. The highest BCUT2D eigenvalue weighted by Gasteiger charge is 2.58. The van der Waals surface area contributed by atoms with Gasteiger partial charge in [0.25, 0.3) is 6.71 Å². The highest BCUT2D eigenvalue weighted by molar-refractivity contribution is 7.00. The van der Waals surface area contributed by atoms with Crippen molar-refractivity contribution in [3.63, 3.8) is 0 Å². The monoisotopic (exact) mass is 1010 g/mol. The summed E-state index contributed by atoms with van der Waals surface area (Å²) in [4.78, 5) is 8.38. The van der Waals surface area contributed by atoms with E-state index in [0.717, 1.165) is 19.3 Å². The van der Waals surface area contributed by atoms with E-state index in [1.54, 1.807) is 0 Å². The summed E-state index contributed by atoms with van der Waals surface area (Å²) in [5.41, 5.74) is 28.5. The third kappa shape index (κ3) is 7.14. The van der Waals surface area contributed by atoms with Crippen LogP contribution in [0.15, 0.2) is 127 Å². The maximum absolute atomic E-state index is 2.84. The molecule has 3 aliphatic carbocycles. The van der Waals surface area contributed by atoms with Crippen LogP contribution >= 0.6 is 0 Å². The van der Waals surface area contributed by atoms with Crippen molar-refractivity contribution in [3.8, 4) is 11.1 Å². The Balaban J connectivity index is 1.21. The van der Waals surface area contributed by atoms with E-state index >= 15 is 0 Å². The number of nitrogens with zero attached hydrogens (tertiary/aromatic N) is 3. The Kier molecular flexibility index (Phi) is 10.5. The molecule has 3 aliphatic heterocycles. The highest BCUT2D eigenvalue weighted by atomic mass is 15.3. The first-order chi connectivity index (χ1) is 36.1. The molecule has 3 nitrogen and oxygen atoms in total. The van der Waals surface area contributed by atoms with Gasteiger partial charge in [-0.05, 0) is 187 Å². The minimum absolute atomic E-state index is 0.000776. The normalized spacial score (nSPS) is 22.7. The molecular weight excluding hydrogens is 930 g/mol. The standard InChI is InChI=1S/C73H84BN3/c1-45-35-52-54(70(12,13)43-68(52,8)9)41-60(45)76-61-37-48(67(5,6)7)29-31-56(61)74-57-40-53-55(71(14,15)44-69(53,10)11)42-62(57)75(58-32-30-47(66(2,3)4)36-50(58)46-25-19-18-20-26-46)63-38-49(39-64(76)65(63)74)77-59-28-22-21-27-51(59)72(16)33-23-24-34-73(72,77)17/h18-22,25-32,35-42H,23-24,33-34,43-44H2,1-17H3. The molecule has 0 radical (unpaired) electrons. The average Bonchev–Trinajstić information content (AvgIpc) is 3.91. The van der Waals surface area contributed by atoms with Gasteiger partial charge < -0.3 is 14.7 Å². The van der Waals surface area contributed by atoms with Crippen LogP contribution in [-0.2, 0) is 37.9 Å². The topological polar surface area (TPSA) is 9.72 Å². The molecule has 6 aliphatic rings. The van der Waals surface area contributed by atoms with Crippen LogP contribution in [0.25, 0.3) is 11.1 Å². The zero-order valence-electron chi connectivity index (χ0n) is 49.8. The predicted molar refractivity (Wildman–Crippen MR) is 332 cm³/mol. The Morgan fingerprint density at radius 2 is 0.948 bits per heavy atom. The van der Waals surface area contributed by atoms with E-state index < -0.39 is 0 Å². The predicted octanol–water partition coefficient (Wildman–Crippen LogP) is 18.0. The fraction of sp³-hybridized carbons (Fsp3) is 0.425. The van der Waals surface area contributed by atoms with Crippen LogP contribution in [0.3, 0.4) is 0 Å². The van der Waals surface area contributed by atoms with Crippen molar-refractivity contribution in [1.82, 2.24) is 0 Å². The molecule has 2 unspecified atom stereocenters. The zero-order chi connectivity index (χ0) is 54.5. The SMILES string of the molecule is Cc1cc2c(cc1N1c3cc(C(C)(C)C)ccc3B3c4cc5c(cc4N(c4ccc(C(C)(C)C)cc4-c4ccccc4)c4cc(N6c7ccccc7C7(C)CCCCC67C)cc1c43)C(C)(C)CC5(C)C)C(C)(C)CC2(C)C. The third-order valence-corrected chi connectivity index (χ3v) is 20.8. The molecule has 1 saturated carbocycles. The Bertz CT molecular complexity index is 3630. The minimum Gasteiger partial charge on any atom is -0.334 e. The molecule has 1 fully saturated rings. The van der Waals surface area contributed by atoms with Gasteiger partial charge in [-0.2, -0.15) is 0 Å². The van der Waals surface area contributed by atoms with Gasteiger partial charge in [-0.1, -0.05) is 196 Å². The van der Waals surface area contributed by atoms with Crippen molar-refractivity contribution >= 4 is 68.6 Å². The first kappa shape index (κ1) is 50.5. The Labute approximate surface area is 463 Å². The molecule has 0 bridgehead atoms. The zero-order valence-corrected chi connectivity index (χ0v) is 49.8. The average molecular weight is 1010 g/mol. The van der Waals surface area contributed by atoms with Gasteiger partial charge >= 0.3 is 0 Å². The molecule has 0 spiro atoms. The molecule has 2 atom stereocenters. The minimum atomic E-state index is -0.136. The molecule has 7 aromatic rings. The van der Waals surface area contributed by atoms with E-state index in [-0.39, 0.29) is 50.2 Å². The summed E-state index contributed by atoms with van der Waals surface area (Å²) >= 11 is 0. The van der Waals surface area contributed by atoms with Gasteiger partial charge in [0, 0.05) is 50.8 Å². The van der Waals surface area contributed by atoms with Crippen LogP contribution in [-0.4, -0.2) is 12.3 Å². The summed E-state index contributed by atoms with van der Waals surface area (Å²) < 4.78 is 0. The van der Waals surface area contributed by atoms with Gasteiger partial charge in [-0.25, -0.2) is 0 Å². The second-order valence-electron chi connectivity index (χ2n) is 30.1. The number of hydrogen-bond acceptors (Lipinski definition) is 3. The van der Waals surface area contributed by atoms with Gasteiger partial charge in [0.1, 0.15) is 0 Å². The number of rotatable bonds is 4. The van der Waals surface area contributed by atoms with E-state index in [0.29, 0.717) is 0 Å². The quantitative estimate of drug-likeness (QED) is 0.163. The number of para-hydroxylation sites is 1. The van der Waals surface area contributed by atoms with Crippen molar-refractivity contribution in [2.75, 3.05) is 14.7 Å². The summed E-state index contributed by atoms with van der Waals surface area (Å²) in [6, 6.07) is 51.7. The largest absolute Gasteiger partial charge is 0.334 e. The second kappa shape index (κ2) is 16.1. The van der Waals surface area contributed by atoms with Crippen molar-refractivity contribution in [3.05, 3.63) is 172 Å². The van der Waals surface area contributed by atoms with E-state index in [1.165, 1.54) is 137 Å². The molecular formula is C73H84BN3. The van der Waals surface area contributed by atoms with Gasteiger partial charge in [0.2, 0.25) is 0 Å². The third-order valence-electron chi connectivity index (χ3n) is 20.8. The van der Waals surface area contributed by atoms with Crippen LogP contribution < -0.4 is 31.1 Å². The molecule has 13 rings (SSSR count). The number of fused-ring (bicyclic) bond motifs is 9. The lowest BCUT2D eigenvalue weighted by molar-refractivity contribution is 0.195. The number of hydrogen-bond donors (Lipinski definition) is 0. The van der Waals surface area contributed by atoms with Crippen LogP contribution in [0.1, 0.15) is 194 Å². The van der Waals surface area contributed by atoms with Gasteiger partial charge in [-0.15, -0.1) is 0 Å². The lowest BCUT2D eigenvalue weighted by atomic mass is 9.33. The lowest BCUT2D eigenvalue weighted by Crippen LogP contribution is -2.62. The van der Waals surface area contributed by atoms with Crippen molar-refractivity contribution in [2.24, 2.45) is 0 Å².